The number of nitrogens with one attached hydrogen (secondary N) is 1. The summed E-state index contributed by atoms with van der Waals surface area (Å²) in [7, 11) is 1.79. The Morgan fingerprint density at radius 3 is 2.95 bits per heavy atom. The van der Waals surface area contributed by atoms with Crippen LogP contribution in [0.1, 0.15) is 44.5 Å². The summed E-state index contributed by atoms with van der Waals surface area (Å²) >= 11 is 0. The Bertz CT molecular complexity index is 419. The van der Waals surface area contributed by atoms with Crippen LogP contribution in [0.2, 0.25) is 0 Å². The molecule has 3 N–H and O–H groups in total. The fraction of sp³-hybridized carbons (Fsp3) is 0.692. The second-order valence-electron chi connectivity index (χ2n) is 4.60. The number of anilines is 2. The van der Waals surface area contributed by atoms with Crippen LogP contribution >= 0.6 is 0 Å². The van der Waals surface area contributed by atoms with Gasteiger partial charge in [0.2, 0.25) is 5.88 Å². The Morgan fingerprint density at radius 2 is 2.32 bits per heavy atom. The summed E-state index contributed by atoms with van der Waals surface area (Å²) in [5.74, 6) is 1.72. The lowest BCUT2D eigenvalue weighted by Crippen LogP contribution is -2.11. The smallest absolute Gasteiger partial charge is 0.242 e. The zero-order valence-electron chi connectivity index (χ0n) is 11.6. The van der Waals surface area contributed by atoms with E-state index < -0.39 is 0 Å². The monoisotopic (exact) mass is 266 g/mol. The molecule has 19 heavy (non-hydrogen) atoms. The molecule has 2 heterocycles. The molecule has 0 bridgehead atoms. The molecule has 1 aliphatic rings. The van der Waals surface area contributed by atoms with Gasteiger partial charge in [0.15, 0.2) is 11.6 Å². The molecule has 0 aliphatic carbocycles. The molecule has 1 aromatic heterocycles. The van der Waals surface area contributed by atoms with E-state index in [-0.39, 0.29) is 6.10 Å². The molecule has 6 nitrogen and oxygen atoms in total. The summed E-state index contributed by atoms with van der Waals surface area (Å²) in [5.41, 5.74) is 6.45. The third kappa shape index (κ3) is 3.26. The third-order valence-electron chi connectivity index (χ3n) is 3.12. The molecule has 106 valence electrons. The van der Waals surface area contributed by atoms with Gasteiger partial charge in [-0.05, 0) is 19.3 Å². The quantitative estimate of drug-likeness (QED) is 0.768. The molecule has 0 spiro atoms. The molecule has 0 aromatic carbocycles. The first-order valence-electron chi connectivity index (χ1n) is 6.85. The molecule has 1 unspecified atom stereocenters. The molecule has 1 saturated heterocycles. The summed E-state index contributed by atoms with van der Waals surface area (Å²) in [6.45, 7) is 3.49. The minimum atomic E-state index is -0.0405. The van der Waals surface area contributed by atoms with E-state index in [0.29, 0.717) is 29.8 Å². The van der Waals surface area contributed by atoms with Gasteiger partial charge in [0.05, 0.1) is 6.61 Å². The van der Waals surface area contributed by atoms with Crippen LogP contribution < -0.4 is 15.8 Å². The third-order valence-corrected chi connectivity index (χ3v) is 3.12. The summed E-state index contributed by atoms with van der Waals surface area (Å²) in [6.07, 6.45) is 4.00. The fourth-order valence-electron chi connectivity index (χ4n) is 2.00. The largest absolute Gasteiger partial charge is 0.476 e. The van der Waals surface area contributed by atoms with E-state index in [2.05, 4.69) is 22.2 Å². The summed E-state index contributed by atoms with van der Waals surface area (Å²) in [6, 6.07) is 0. The maximum absolute atomic E-state index is 5.99. The lowest BCUT2D eigenvalue weighted by molar-refractivity contribution is 0.104. The number of ether oxygens (including phenoxy) is 2. The fourth-order valence-corrected chi connectivity index (χ4v) is 2.00. The molecule has 0 amide bonds. The highest BCUT2D eigenvalue weighted by molar-refractivity contribution is 5.66. The molecule has 1 aliphatic heterocycles. The van der Waals surface area contributed by atoms with Crippen molar-refractivity contribution < 1.29 is 9.47 Å². The summed E-state index contributed by atoms with van der Waals surface area (Å²) in [5, 5.41) is 2.98. The van der Waals surface area contributed by atoms with Crippen molar-refractivity contribution in [1.29, 1.82) is 0 Å². The van der Waals surface area contributed by atoms with E-state index >= 15 is 0 Å². The van der Waals surface area contributed by atoms with Crippen LogP contribution in [-0.4, -0.2) is 30.2 Å². The SMILES string of the molecule is CCCCOc1nc(C2CCCO2)nc(NC)c1N. The molecule has 6 heteroatoms. The van der Waals surface area contributed by atoms with E-state index in [1.807, 2.05) is 0 Å². The van der Waals surface area contributed by atoms with Crippen LogP contribution in [0.5, 0.6) is 5.88 Å². The zero-order valence-corrected chi connectivity index (χ0v) is 11.6. The van der Waals surface area contributed by atoms with Gasteiger partial charge in [-0.1, -0.05) is 13.3 Å². The topological polar surface area (TPSA) is 82.3 Å². The average Bonchev–Trinajstić information content (AvgIpc) is 2.95. The van der Waals surface area contributed by atoms with Crippen molar-refractivity contribution in [3.63, 3.8) is 0 Å². The van der Waals surface area contributed by atoms with Gasteiger partial charge in [0, 0.05) is 13.7 Å². The van der Waals surface area contributed by atoms with Crippen molar-refractivity contribution >= 4 is 11.5 Å². The average molecular weight is 266 g/mol. The standard InChI is InChI=1S/C13H22N4O2/c1-3-4-7-19-13-10(14)12(15-2)16-11(17-13)9-6-5-8-18-9/h9H,3-8,14H2,1-2H3,(H,15,16,17). The Morgan fingerprint density at radius 1 is 1.47 bits per heavy atom. The Hall–Kier alpha value is -1.56. The molecule has 2 rings (SSSR count). The predicted molar refractivity (Wildman–Crippen MR) is 74.3 cm³/mol. The normalized spacial score (nSPS) is 18.5. The van der Waals surface area contributed by atoms with Crippen LogP contribution in [0.3, 0.4) is 0 Å². The highest BCUT2D eigenvalue weighted by atomic mass is 16.5. The number of nitrogens with two attached hydrogens (primary N) is 1. The van der Waals surface area contributed by atoms with E-state index in [1.165, 1.54) is 0 Å². The minimum Gasteiger partial charge on any atom is -0.476 e. The van der Waals surface area contributed by atoms with Crippen molar-refractivity contribution in [2.75, 3.05) is 31.3 Å². The maximum Gasteiger partial charge on any atom is 0.242 e. The molecule has 0 radical (unpaired) electrons. The highest BCUT2D eigenvalue weighted by Gasteiger charge is 2.23. The first-order chi connectivity index (χ1) is 9.26. The zero-order chi connectivity index (χ0) is 13.7. The van der Waals surface area contributed by atoms with Gasteiger partial charge < -0.3 is 20.5 Å². The first kappa shape index (κ1) is 13.9. The molecular formula is C13H22N4O2. The lowest BCUT2D eigenvalue weighted by Gasteiger charge is -2.15. The van der Waals surface area contributed by atoms with Gasteiger partial charge in [-0.25, -0.2) is 4.98 Å². The van der Waals surface area contributed by atoms with E-state index in [9.17, 15) is 0 Å². The number of hydrogen-bond donors (Lipinski definition) is 2. The lowest BCUT2D eigenvalue weighted by atomic mass is 10.2. The van der Waals surface area contributed by atoms with E-state index in [4.69, 9.17) is 15.2 Å². The highest BCUT2D eigenvalue weighted by Crippen LogP contribution is 2.32. The van der Waals surface area contributed by atoms with Crippen LogP contribution in [0.4, 0.5) is 11.5 Å². The van der Waals surface area contributed by atoms with Crippen LogP contribution in [0, 0.1) is 0 Å². The maximum atomic E-state index is 5.99. The van der Waals surface area contributed by atoms with Gasteiger partial charge >= 0.3 is 0 Å². The molecule has 1 aromatic rings. The van der Waals surface area contributed by atoms with Gasteiger partial charge in [-0.15, -0.1) is 0 Å². The van der Waals surface area contributed by atoms with Crippen LogP contribution in [0.15, 0.2) is 0 Å². The second kappa shape index (κ2) is 6.56. The van der Waals surface area contributed by atoms with Crippen molar-refractivity contribution in [2.24, 2.45) is 0 Å². The van der Waals surface area contributed by atoms with Crippen molar-refractivity contribution in [3.05, 3.63) is 5.82 Å². The summed E-state index contributed by atoms with van der Waals surface area (Å²) in [4.78, 5) is 8.82. The molecule has 0 saturated carbocycles. The van der Waals surface area contributed by atoms with E-state index in [1.54, 1.807) is 7.05 Å². The van der Waals surface area contributed by atoms with Crippen LogP contribution in [-0.2, 0) is 4.74 Å². The number of hydrogen-bond acceptors (Lipinski definition) is 6. The number of rotatable bonds is 6. The Balaban J connectivity index is 2.21. The van der Waals surface area contributed by atoms with E-state index in [0.717, 1.165) is 32.3 Å². The number of nitrogens with zero attached hydrogens (tertiary/aromatic N) is 2. The number of nitrogen functional groups attached to an aromatic ring is 1. The van der Waals surface area contributed by atoms with Gasteiger partial charge in [-0.3, -0.25) is 0 Å². The van der Waals surface area contributed by atoms with Crippen molar-refractivity contribution in [2.45, 2.75) is 38.7 Å². The van der Waals surface area contributed by atoms with Crippen LogP contribution in [0.25, 0.3) is 0 Å². The Labute approximate surface area is 113 Å². The number of aromatic nitrogens is 2. The van der Waals surface area contributed by atoms with Gasteiger partial charge in [0.25, 0.3) is 0 Å². The first-order valence-corrected chi connectivity index (χ1v) is 6.85. The van der Waals surface area contributed by atoms with Gasteiger partial charge in [0.1, 0.15) is 11.8 Å². The molecular weight excluding hydrogens is 244 g/mol. The van der Waals surface area contributed by atoms with Crippen molar-refractivity contribution in [1.82, 2.24) is 9.97 Å². The molecule has 1 atom stereocenters. The Kier molecular flexibility index (Phi) is 4.79. The second-order valence-corrected chi connectivity index (χ2v) is 4.60. The van der Waals surface area contributed by atoms with Crippen molar-refractivity contribution in [3.8, 4) is 5.88 Å². The predicted octanol–water partition coefficient (Wildman–Crippen LogP) is 2.13. The minimum absolute atomic E-state index is 0.0405. The summed E-state index contributed by atoms with van der Waals surface area (Å²) < 4.78 is 11.3. The number of unbranched alkanes of at least 4 members (excludes halogenated alkanes) is 1. The molecule has 1 fully saturated rings. The van der Waals surface area contributed by atoms with Gasteiger partial charge in [-0.2, -0.15) is 4.98 Å².